The molecule has 0 saturated carbocycles. The molecule has 0 atom stereocenters. The van der Waals surface area contributed by atoms with Gasteiger partial charge in [-0.15, -0.1) is 0 Å². The van der Waals surface area contributed by atoms with Crippen LogP contribution in [0.1, 0.15) is 12.5 Å². The van der Waals surface area contributed by atoms with Crippen LogP contribution in [-0.4, -0.2) is 41.2 Å². The summed E-state index contributed by atoms with van der Waals surface area (Å²) in [5.41, 5.74) is 0.627. The molecular weight excluding hydrogens is 390 g/mol. The van der Waals surface area contributed by atoms with E-state index < -0.39 is 27.5 Å². The maximum absolute atomic E-state index is 12.8. The second-order valence-corrected chi connectivity index (χ2v) is 7.73. The molecule has 0 radical (unpaired) electrons. The molecular formula is C17H17N3O7S. The number of nitro benzene ring substituents is 1. The molecule has 2 N–H and O–H groups in total. The zero-order valence-electron chi connectivity index (χ0n) is 14.7. The number of non-ortho nitro benzene ring substituents is 1. The van der Waals surface area contributed by atoms with Crippen molar-refractivity contribution in [2.45, 2.75) is 18.4 Å². The smallest absolute Gasteiger partial charge is 0.318 e. The van der Waals surface area contributed by atoms with Gasteiger partial charge in [-0.2, -0.15) is 4.31 Å². The van der Waals surface area contributed by atoms with Crippen molar-refractivity contribution in [2.24, 2.45) is 0 Å². The largest absolute Gasteiger partial charge is 0.480 e. The van der Waals surface area contributed by atoms with Crippen LogP contribution in [0.15, 0.2) is 53.4 Å². The van der Waals surface area contributed by atoms with E-state index in [0.717, 1.165) is 4.31 Å². The molecule has 0 bridgehead atoms. The van der Waals surface area contributed by atoms with Crippen LogP contribution in [0.4, 0.5) is 11.4 Å². The lowest BCUT2D eigenvalue weighted by Crippen LogP contribution is -2.35. The first-order valence-corrected chi connectivity index (χ1v) is 9.36. The highest BCUT2D eigenvalue weighted by Gasteiger charge is 2.27. The van der Waals surface area contributed by atoms with E-state index in [2.05, 4.69) is 5.32 Å². The molecule has 0 aliphatic rings. The molecule has 2 rings (SSSR count). The predicted molar refractivity (Wildman–Crippen MR) is 99.1 cm³/mol. The number of nitrogens with one attached hydrogen (secondary N) is 1. The van der Waals surface area contributed by atoms with E-state index in [9.17, 15) is 28.1 Å². The van der Waals surface area contributed by atoms with E-state index >= 15 is 0 Å². The second kappa shape index (κ2) is 8.59. The van der Waals surface area contributed by atoms with Crippen LogP contribution >= 0.6 is 0 Å². The molecule has 0 aliphatic carbocycles. The minimum absolute atomic E-state index is 0.148. The molecule has 1 amide bonds. The van der Waals surface area contributed by atoms with Crippen LogP contribution in [0.5, 0.6) is 0 Å². The monoisotopic (exact) mass is 407 g/mol. The Kier molecular flexibility index (Phi) is 6.44. The molecule has 11 heteroatoms. The number of amides is 1. The van der Waals surface area contributed by atoms with Crippen LogP contribution in [0.2, 0.25) is 0 Å². The molecule has 0 heterocycles. The van der Waals surface area contributed by atoms with E-state index in [1.165, 1.54) is 55.5 Å². The first kappa shape index (κ1) is 21.0. The number of nitro groups is 1. The highest BCUT2D eigenvalue weighted by Crippen LogP contribution is 2.21. The van der Waals surface area contributed by atoms with E-state index in [1.807, 2.05) is 0 Å². The molecule has 0 fully saturated rings. The van der Waals surface area contributed by atoms with E-state index in [1.54, 1.807) is 0 Å². The van der Waals surface area contributed by atoms with Gasteiger partial charge in [0.2, 0.25) is 15.9 Å². The Balaban J connectivity index is 2.30. The van der Waals surface area contributed by atoms with Gasteiger partial charge in [-0.05, 0) is 29.8 Å². The number of rotatable bonds is 8. The Labute approximate surface area is 160 Å². The molecule has 2 aromatic rings. The number of hydrogen-bond donors (Lipinski definition) is 2. The molecule has 0 saturated heterocycles. The summed E-state index contributed by atoms with van der Waals surface area (Å²) in [5, 5.41) is 22.3. The minimum atomic E-state index is -4.16. The van der Waals surface area contributed by atoms with Crippen molar-refractivity contribution in [1.82, 2.24) is 4.31 Å². The van der Waals surface area contributed by atoms with Gasteiger partial charge in [0.15, 0.2) is 0 Å². The number of carboxylic acid groups (broad SMARTS) is 1. The molecule has 0 aromatic heterocycles. The van der Waals surface area contributed by atoms with Crippen molar-refractivity contribution in [2.75, 3.05) is 11.9 Å². The zero-order chi connectivity index (χ0) is 20.9. The minimum Gasteiger partial charge on any atom is -0.480 e. The quantitative estimate of drug-likeness (QED) is 0.501. The standard InChI is InChI=1S/C17H17N3O7S/c1-12(21)18-14-4-8-16(9-5-14)28(26,27)19(11-17(22)23)10-13-2-6-15(7-3-13)20(24)25/h2-9H,10-11H2,1H3,(H,18,21)(H,22,23). The lowest BCUT2D eigenvalue weighted by Gasteiger charge is -2.20. The Morgan fingerprint density at radius 1 is 1.11 bits per heavy atom. The van der Waals surface area contributed by atoms with Crippen LogP contribution in [0.25, 0.3) is 0 Å². The Hall–Kier alpha value is -3.31. The number of sulfonamides is 1. The fourth-order valence-corrected chi connectivity index (χ4v) is 3.74. The average molecular weight is 407 g/mol. The zero-order valence-corrected chi connectivity index (χ0v) is 15.5. The van der Waals surface area contributed by atoms with Gasteiger partial charge < -0.3 is 10.4 Å². The Morgan fingerprint density at radius 3 is 2.14 bits per heavy atom. The summed E-state index contributed by atoms with van der Waals surface area (Å²) < 4.78 is 26.4. The van der Waals surface area contributed by atoms with Gasteiger partial charge in [0, 0.05) is 31.3 Å². The summed E-state index contributed by atoms with van der Waals surface area (Å²) in [4.78, 5) is 32.2. The molecule has 2 aromatic carbocycles. The number of carboxylic acids is 1. The average Bonchev–Trinajstić information content (AvgIpc) is 2.61. The number of aliphatic carboxylic acids is 1. The summed E-state index contributed by atoms with van der Waals surface area (Å²) >= 11 is 0. The van der Waals surface area contributed by atoms with Gasteiger partial charge in [-0.3, -0.25) is 19.7 Å². The number of carbonyl (C=O) groups excluding carboxylic acids is 1. The highest BCUT2D eigenvalue weighted by atomic mass is 32.2. The molecule has 28 heavy (non-hydrogen) atoms. The third kappa shape index (κ3) is 5.34. The summed E-state index contributed by atoms with van der Waals surface area (Å²) in [6.07, 6.45) is 0. The molecule has 0 spiro atoms. The fourth-order valence-electron chi connectivity index (χ4n) is 2.37. The van der Waals surface area contributed by atoms with Crippen molar-refractivity contribution in [3.63, 3.8) is 0 Å². The lowest BCUT2D eigenvalue weighted by molar-refractivity contribution is -0.384. The van der Waals surface area contributed by atoms with Crippen molar-refractivity contribution < 1.29 is 28.0 Å². The topological polar surface area (TPSA) is 147 Å². The van der Waals surface area contributed by atoms with Crippen LogP contribution in [0, 0.1) is 10.1 Å². The summed E-state index contributed by atoms with van der Waals surface area (Å²) in [5.74, 6) is -1.67. The highest BCUT2D eigenvalue weighted by molar-refractivity contribution is 7.89. The van der Waals surface area contributed by atoms with Gasteiger partial charge in [-0.1, -0.05) is 12.1 Å². The number of benzene rings is 2. The second-order valence-electron chi connectivity index (χ2n) is 5.80. The summed E-state index contributed by atoms with van der Waals surface area (Å²) in [6.45, 7) is 0.246. The van der Waals surface area contributed by atoms with E-state index in [0.29, 0.717) is 11.3 Å². The molecule has 10 nitrogen and oxygen atoms in total. The van der Waals surface area contributed by atoms with Gasteiger partial charge in [-0.25, -0.2) is 8.42 Å². The van der Waals surface area contributed by atoms with Crippen LogP contribution in [0.3, 0.4) is 0 Å². The normalized spacial score (nSPS) is 11.2. The summed E-state index contributed by atoms with van der Waals surface area (Å²) in [7, 11) is -4.16. The number of hydrogen-bond acceptors (Lipinski definition) is 6. The predicted octanol–water partition coefficient (Wildman–Crippen LogP) is 1.83. The van der Waals surface area contributed by atoms with Crippen molar-refractivity contribution in [3.8, 4) is 0 Å². The first-order valence-electron chi connectivity index (χ1n) is 7.92. The first-order chi connectivity index (χ1) is 13.1. The lowest BCUT2D eigenvalue weighted by atomic mass is 10.2. The fraction of sp³-hybridized carbons (Fsp3) is 0.176. The van der Waals surface area contributed by atoms with Crippen molar-refractivity contribution >= 4 is 33.3 Å². The molecule has 0 aliphatic heterocycles. The molecule has 0 unspecified atom stereocenters. The van der Waals surface area contributed by atoms with Crippen molar-refractivity contribution in [1.29, 1.82) is 0 Å². The van der Waals surface area contributed by atoms with Gasteiger partial charge in [0.25, 0.3) is 5.69 Å². The number of anilines is 1. The number of nitrogens with zero attached hydrogens (tertiary/aromatic N) is 2. The maximum Gasteiger partial charge on any atom is 0.318 e. The molecule has 148 valence electrons. The Morgan fingerprint density at radius 2 is 1.68 bits per heavy atom. The van der Waals surface area contributed by atoms with E-state index in [4.69, 9.17) is 5.11 Å². The van der Waals surface area contributed by atoms with Crippen LogP contribution in [-0.2, 0) is 26.2 Å². The van der Waals surface area contributed by atoms with Gasteiger partial charge in [0.05, 0.1) is 9.82 Å². The van der Waals surface area contributed by atoms with Gasteiger partial charge in [0.1, 0.15) is 6.54 Å². The third-order valence-corrected chi connectivity index (χ3v) is 5.44. The third-order valence-electron chi connectivity index (χ3n) is 3.63. The SMILES string of the molecule is CC(=O)Nc1ccc(S(=O)(=O)N(CC(=O)O)Cc2ccc([N+](=O)[O-])cc2)cc1. The van der Waals surface area contributed by atoms with Crippen LogP contribution < -0.4 is 5.32 Å². The van der Waals surface area contributed by atoms with E-state index in [-0.39, 0.29) is 23.0 Å². The van der Waals surface area contributed by atoms with Gasteiger partial charge >= 0.3 is 5.97 Å². The maximum atomic E-state index is 12.8. The summed E-state index contributed by atoms with van der Waals surface area (Å²) in [6, 6.07) is 10.4. The Bertz CT molecular complexity index is 986. The number of carbonyl (C=O) groups is 2. The van der Waals surface area contributed by atoms with Crippen molar-refractivity contribution in [3.05, 3.63) is 64.2 Å².